The topological polar surface area (TPSA) is 67.3 Å². The molecule has 1 aromatic heterocycles. The smallest absolute Gasteiger partial charge is 0.307 e. The molecule has 0 radical (unpaired) electrons. The zero-order chi connectivity index (χ0) is 17.9. The number of carbonyl (C=O) groups excluding carboxylic acids is 1. The second-order valence-corrected chi connectivity index (χ2v) is 7.52. The van der Waals surface area contributed by atoms with Gasteiger partial charge in [0.05, 0.1) is 21.7 Å². The number of nitrogens with zero attached hydrogens (tertiary/aromatic N) is 1. The van der Waals surface area contributed by atoms with E-state index in [4.69, 9.17) is 23.2 Å². The number of carboxylic acid groups (broad SMARTS) is 1. The van der Waals surface area contributed by atoms with E-state index in [0.717, 1.165) is 0 Å². The highest BCUT2D eigenvalue weighted by Gasteiger charge is 2.25. The lowest BCUT2D eigenvalue weighted by atomic mass is 9.90. The van der Waals surface area contributed by atoms with E-state index in [1.54, 1.807) is 37.4 Å². The number of aromatic nitrogens is 1. The summed E-state index contributed by atoms with van der Waals surface area (Å²) in [6.45, 7) is 3.60. The molecule has 0 aliphatic heterocycles. The fourth-order valence-corrected chi connectivity index (χ4v) is 3.91. The summed E-state index contributed by atoms with van der Waals surface area (Å²) in [7, 11) is 0. The van der Waals surface area contributed by atoms with Crippen LogP contribution in [0.3, 0.4) is 0 Å². The fraction of sp³-hybridized carbons (Fsp3) is 0.353. The quantitative estimate of drug-likeness (QED) is 0.729. The van der Waals surface area contributed by atoms with Crippen LogP contribution < -0.4 is 0 Å². The lowest BCUT2D eigenvalue weighted by molar-refractivity contribution is -0.145. The monoisotopic (exact) mass is 385 g/mol. The minimum atomic E-state index is -0.944. The van der Waals surface area contributed by atoms with Crippen LogP contribution >= 0.6 is 34.5 Å². The average molecular weight is 386 g/mol. The van der Waals surface area contributed by atoms with Crippen molar-refractivity contribution < 1.29 is 14.7 Å². The Morgan fingerprint density at radius 2 is 1.88 bits per heavy atom. The van der Waals surface area contributed by atoms with Gasteiger partial charge in [-0.1, -0.05) is 43.1 Å². The van der Waals surface area contributed by atoms with E-state index in [1.807, 2.05) is 0 Å². The van der Waals surface area contributed by atoms with Crippen molar-refractivity contribution in [3.63, 3.8) is 0 Å². The molecule has 7 heteroatoms. The molecule has 1 heterocycles. The van der Waals surface area contributed by atoms with Crippen LogP contribution in [0.4, 0.5) is 0 Å². The van der Waals surface area contributed by atoms with Crippen molar-refractivity contribution in [3.8, 4) is 10.6 Å². The normalized spacial score (nSPS) is 12.4. The van der Waals surface area contributed by atoms with Gasteiger partial charge in [0.15, 0.2) is 0 Å². The van der Waals surface area contributed by atoms with E-state index in [9.17, 15) is 14.7 Å². The van der Waals surface area contributed by atoms with Crippen molar-refractivity contribution in [3.05, 3.63) is 39.3 Å². The van der Waals surface area contributed by atoms with Crippen LogP contribution in [0.2, 0.25) is 10.0 Å². The molecule has 0 saturated heterocycles. The molecule has 0 aliphatic rings. The Morgan fingerprint density at radius 1 is 1.25 bits per heavy atom. The first kappa shape index (κ1) is 18.9. The van der Waals surface area contributed by atoms with Crippen molar-refractivity contribution in [2.75, 3.05) is 0 Å². The van der Waals surface area contributed by atoms with Gasteiger partial charge in [-0.2, -0.15) is 0 Å². The first-order valence-corrected chi connectivity index (χ1v) is 9.06. The number of benzene rings is 1. The maximum Gasteiger partial charge on any atom is 0.307 e. The third-order valence-corrected chi connectivity index (χ3v) is 5.21. The van der Waals surface area contributed by atoms with Crippen LogP contribution in [-0.2, 0) is 16.0 Å². The molecule has 4 nitrogen and oxygen atoms in total. The Bertz CT molecular complexity index is 738. The largest absolute Gasteiger partial charge is 0.481 e. The van der Waals surface area contributed by atoms with Crippen LogP contribution in [0.5, 0.6) is 0 Å². The highest BCUT2D eigenvalue weighted by molar-refractivity contribution is 7.13. The van der Waals surface area contributed by atoms with Crippen LogP contribution in [0.15, 0.2) is 23.6 Å². The number of carboxylic acids is 1. The Labute approximate surface area is 154 Å². The summed E-state index contributed by atoms with van der Waals surface area (Å²) in [5.41, 5.74) is 1.25. The molecule has 1 N–H and O–H groups in total. The minimum Gasteiger partial charge on any atom is -0.481 e. The standard InChI is InChI=1S/C17H17Cl2NO3S/c1-9(2)12(17(22)23)7-11(21)6-10-8-24-16(20-10)15-13(18)4-3-5-14(15)19/h3-5,8-9,12H,6-7H2,1-2H3,(H,22,23)/t12-/m0/s1. The third kappa shape index (κ3) is 4.56. The summed E-state index contributed by atoms with van der Waals surface area (Å²) in [6.07, 6.45) is 0.113. The van der Waals surface area contributed by atoms with Gasteiger partial charge in [-0.3, -0.25) is 9.59 Å². The summed E-state index contributed by atoms with van der Waals surface area (Å²) >= 11 is 13.7. The predicted octanol–water partition coefficient (Wildman–Crippen LogP) is 4.98. The summed E-state index contributed by atoms with van der Waals surface area (Å²) in [5, 5.41) is 12.6. The Kier molecular flexibility index (Phi) is 6.38. The Hall–Kier alpha value is -1.43. The number of thiazole rings is 1. The minimum absolute atomic E-state index is 0.00666. The van der Waals surface area contributed by atoms with Gasteiger partial charge in [-0.15, -0.1) is 11.3 Å². The number of halogens is 2. The molecule has 0 saturated carbocycles. The van der Waals surface area contributed by atoms with Gasteiger partial charge in [-0.05, 0) is 18.1 Å². The molecule has 0 spiro atoms. The van der Waals surface area contributed by atoms with Crippen molar-refractivity contribution in [1.82, 2.24) is 4.98 Å². The first-order valence-electron chi connectivity index (χ1n) is 7.43. The number of hydrogen-bond acceptors (Lipinski definition) is 4. The average Bonchev–Trinajstić information content (AvgIpc) is 2.92. The van der Waals surface area contributed by atoms with Gasteiger partial charge < -0.3 is 5.11 Å². The molecule has 0 amide bonds. The molecular weight excluding hydrogens is 369 g/mol. The number of rotatable bonds is 7. The molecule has 1 atom stereocenters. The summed E-state index contributed by atoms with van der Waals surface area (Å²) in [6, 6.07) is 5.22. The molecule has 2 rings (SSSR count). The molecule has 0 fully saturated rings. The van der Waals surface area contributed by atoms with Crippen molar-refractivity contribution in [2.45, 2.75) is 26.7 Å². The van der Waals surface area contributed by atoms with Gasteiger partial charge in [-0.25, -0.2) is 4.98 Å². The fourth-order valence-electron chi connectivity index (χ4n) is 2.33. The number of hydrogen-bond donors (Lipinski definition) is 1. The number of Topliss-reactive ketones (excluding diaryl/α,β-unsaturated/α-hetero) is 1. The second kappa shape index (κ2) is 8.10. The lowest BCUT2D eigenvalue weighted by Gasteiger charge is -2.14. The first-order chi connectivity index (χ1) is 11.3. The van der Waals surface area contributed by atoms with E-state index in [0.29, 0.717) is 26.3 Å². The molecular formula is C17H17Cl2NO3S. The molecule has 0 bridgehead atoms. The van der Waals surface area contributed by atoms with Crippen LogP contribution in [0, 0.1) is 11.8 Å². The molecule has 1 aromatic carbocycles. The number of aliphatic carboxylic acids is 1. The molecule has 0 unspecified atom stereocenters. The van der Waals surface area contributed by atoms with Crippen molar-refractivity contribution in [1.29, 1.82) is 0 Å². The third-order valence-electron chi connectivity index (χ3n) is 3.68. The SMILES string of the molecule is CC(C)[C@H](CC(=O)Cc1csc(-c2c(Cl)cccc2Cl)n1)C(=O)O. The van der Waals surface area contributed by atoms with E-state index in [1.165, 1.54) is 11.3 Å². The van der Waals surface area contributed by atoms with Crippen LogP contribution in [-0.4, -0.2) is 21.8 Å². The van der Waals surface area contributed by atoms with E-state index < -0.39 is 11.9 Å². The number of ketones is 1. The van der Waals surface area contributed by atoms with Gasteiger partial charge in [0.2, 0.25) is 0 Å². The molecule has 2 aromatic rings. The highest BCUT2D eigenvalue weighted by atomic mass is 35.5. The maximum atomic E-state index is 12.2. The number of carbonyl (C=O) groups is 2. The van der Waals surface area contributed by atoms with E-state index in [-0.39, 0.29) is 24.5 Å². The van der Waals surface area contributed by atoms with Gasteiger partial charge in [0.25, 0.3) is 0 Å². The zero-order valence-corrected chi connectivity index (χ0v) is 15.6. The lowest BCUT2D eigenvalue weighted by Crippen LogP contribution is -2.23. The second-order valence-electron chi connectivity index (χ2n) is 5.85. The Balaban J connectivity index is 2.12. The van der Waals surface area contributed by atoms with Crippen LogP contribution in [0.25, 0.3) is 10.6 Å². The Morgan fingerprint density at radius 3 is 2.42 bits per heavy atom. The summed E-state index contributed by atoms with van der Waals surface area (Å²) < 4.78 is 0. The van der Waals surface area contributed by atoms with Gasteiger partial charge in [0, 0.05) is 23.8 Å². The van der Waals surface area contributed by atoms with E-state index >= 15 is 0 Å². The summed E-state index contributed by atoms with van der Waals surface area (Å²) in [4.78, 5) is 27.8. The van der Waals surface area contributed by atoms with Gasteiger partial charge >= 0.3 is 5.97 Å². The molecule has 0 aliphatic carbocycles. The van der Waals surface area contributed by atoms with Crippen molar-refractivity contribution in [2.24, 2.45) is 11.8 Å². The molecule has 24 heavy (non-hydrogen) atoms. The zero-order valence-electron chi connectivity index (χ0n) is 13.3. The molecule has 128 valence electrons. The maximum absolute atomic E-state index is 12.2. The van der Waals surface area contributed by atoms with Crippen LogP contribution in [0.1, 0.15) is 26.0 Å². The van der Waals surface area contributed by atoms with Crippen molar-refractivity contribution >= 4 is 46.3 Å². The highest BCUT2D eigenvalue weighted by Crippen LogP contribution is 2.36. The predicted molar refractivity (Wildman–Crippen MR) is 96.9 cm³/mol. The van der Waals surface area contributed by atoms with Gasteiger partial charge in [0.1, 0.15) is 10.8 Å². The van der Waals surface area contributed by atoms with E-state index in [2.05, 4.69) is 4.98 Å². The summed E-state index contributed by atoms with van der Waals surface area (Å²) in [5.74, 6) is -1.86.